The number of aliphatic imine (C=N–C) groups is 2. The lowest BCUT2D eigenvalue weighted by molar-refractivity contribution is 0.0931. The quantitative estimate of drug-likeness (QED) is 0.0645. The van der Waals surface area contributed by atoms with Crippen molar-refractivity contribution in [2.75, 3.05) is 0 Å². The zero-order valence-corrected chi connectivity index (χ0v) is 102. The van der Waals surface area contributed by atoms with E-state index in [2.05, 4.69) is 488 Å². The predicted molar refractivity (Wildman–Crippen MR) is 611 cm³/mol. The van der Waals surface area contributed by atoms with Gasteiger partial charge in [-0.05, 0) is 494 Å². The molecule has 6 rings (SSSR count). The van der Waals surface area contributed by atoms with Gasteiger partial charge in [0.1, 0.15) is 0 Å². The molecule has 0 aliphatic rings. The Kier molecular flexibility index (Phi) is 43.7. The highest BCUT2D eigenvalue weighted by Gasteiger charge is 2.41. The first-order chi connectivity index (χ1) is 60.0. The molecule has 760 valence electrons. The fraction of sp³-hybridized carbons (Fsp3) is 0.669. The van der Waals surface area contributed by atoms with Gasteiger partial charge in [0, 0.05) is 40.2 Å². The highest BCUT2D eigenvalue weighted by Crippen LogP contribution is 2.50. The second-order valence-electron chi connectivity index (χ2n) is 55.0. The molecule has 6 aromatic rings. The minimum atomic E-state index is 0.0381. The molecule has 0 aliphatic carbocycles. The van der Waals surface area contributed by atoms with Gasteiger partial charge >= 0.3 is 0 Å². The van der Waals surface area contributed by atoms with Gasteiger partial charge in [-0.15, -0.1) is 0 Å². The molecule has 0 unspecified atom stereocenters. The number of hydrogen-bond acceptors (Lipinski definition) is 5. The van der Waals surface area contributed by atoms with Crippen molar-refractivity contribution in [3.63, 3.8) is 0 Å². The molecule has 0 atom stereocenters. The highest BCUT2D eigenvalue weighted by atomic mass is 15.1. The summed E-state index contributed by atoms with van der Waals surface area (Å²) in [5.41, 5.74) is 55.4. The molecule has 0 radical (unpaired) electrons. The molecule has 0 saturated carbocycles. The lowest BCUT2D eigenvalue weighted by atomic mass is 9.63. The predicted octanol–water partition coefficient (Wildman–Crippen LogP) is 40.7. The van der Waals surface area contributed by atoms with Crippen LogP contribution in [0.5, 0.6) is 0 Å². The summed E-state index contributed by atoms with van der Waals surface area (Å²) in [7, 11) is 0. The van der Waals surface area contributed by atoms with E-state index in [1.807, 2.05) is 0 Å². The van der Waals surface area contributed by atoms with E-state index in [9.17, 15) is 5.26 Å². The number of nitrogens with zero attached hydrogens (tertiary/aromatic N) is 5. The van der Waals surface area contributed by atoms with Crippen LogP contribution in [-0.2, 0) is 13.0 Å². The van der Waals surface area contributed by atoms with Crippen molar-refractivity contribution in [1.82, 2.24) is 0 Å². The first kappa shape index (κ1) is 126. The Hall–Kier alpha value is -6.77. The molecule has 0 fully saturated rings. The Labute approximate surface area is 839 Å². The Morgan fingerprint density at radius 2 is 0.548 bits per heavy atom. The van der Waals surface area contributed by atoms with E-state index >= 15 is 0 Å². The van der Waals surface area contributed by atoms with Crippen LogP contribution in [0, 0.1) is 308 Å². The van der Waals surface area contributed by atoms with Crippen molar-refractivity contribution >= 4 is 35.0 Å². The Balaban J connectivity index is 0.000000810. The summed E-state index contributed by atoms with van der Waals surface area (Å²) >= 11 is 0. The molecule has 6 aromatic carbocycles. The average molecular weight is 1850 g/mol. The Morgan fingerprint density at radius 1 is 0.289 bits per heavy atom. The second-order valence-corrected chi connectivity index (χ2v) is 55.0. The lowest BCUT2D eigenvalue weighted by Crippen LogP contribution is -2.36. The second kappa shape index (κ2) is 46.8. The van der Waals surface area contributed by atoms with Crippen molar-refractivity contribution in [1.29, 1.82) is 5.26 Å². The van der Waals surface area contributed by atoms with Crippen LogP contribution in [0.1, 0.15) is 452 Å². The van der Waals surface area contributed by atoms with Gasteiger partial charge in [0.15, 0.2) is 0 Å². The smallest absolute Gasteiger partial charge is 0.0950 e. The zero-order valence-electron chi connectivity index (χ0n) is 102. The maximum absolute atomic E-state index is 9.94. The topological polar surface area (TPSA) is 73.2 Å². The standard InChI is InChI=1S/C23H35N.C23H38.C22H38.2C21H35N.C20H34N2/c1-14-15(2)17(4)20(18(5)16(14)3)12-19(13-24)21(22(6,7)8)23(9,10)11;1-14(13-20(22(7,8)9)23(10,11)12)21-18(5)16(3)15(2)17(4)19(21)6;1-14-15(2)17(4)19(18(5)16(14)3)12-13-20(21(6,7)8)22(9,10)11;1-13-14(2)16(4)19(17(5)15(13)3)22-12-18(20(6,7)8)21(9,10)11;1-13-14(2)16(4)18(17(5)15(13)3)12-22-19(20(6,7)8)21(9,10)11;1-12-13(2)15(4)17(16(5)14(12)3)21-22-18(19(6,7)8)20(9,10)11/h12,21H,1-11H3;13,20H,1-12H3;20H,12-13H2,1-11H3;12,18H,1-11H3;12H2,1-11H3;18H,1-11H3/b19-12+;14-13+;;;;. The minimum absolute atomic E-state index is 0.0381. The summed E-state index contributed by atoms with van der Waals surface area (Å²) in [4.78, 5) is 10.1. The van der Waals surface area contributed by atoms with Gasteiger partial charge in [0.25, 0.3) is 0 Å². The fourth-order valence-corrected chi connectivity index (χ4v) is 23.5. The molecule has 0 saturated heterocycles. The molecule has 0 amide bonds. The summed E-state index contributed by atoms with van der Waals surface area (Å²) in [5.74, 6) is 1.90. The lowest BCUT2D eigenvalue weighted by Gasteiger charge is -2.41. The van der Waals surface area contributed by atoms with Gasteiger partial charge in [0.2, 0.25) is 0 Å². The number of azo groups is 1. The molecular weight excluding hydrogens is 1630 g/mol. The molecule has 135 heavy (non-hydrogen) atoms. The van der Waals surface area contributed by atoms with Crippen LogP contribution < -0.4 is 0 Å². The van der Waals surface area contributed by atoms with Crippen molar-refractivity contribution in [3.8, 4) is 6.07 Å². The molecule has 0 bridgehead atoms. The Bertz CT molecular complexity index is 4940. The van der Waals surface area contributed by atoms with Gasteiger partial charge in [0.05, 0.1) is 30.0 Å². The maximum Gasteiger partial charge on any atom is 0.0950 e. The summed E-state index contributed by atoms with van der Waals surface area (Å²) < 4.78 is 0. The number of benzene rings is 6. The van der Waals surface area contributed by atoms with E-state index in [1.54, 1.807) is 5.56 Å². The molecule has 0 N–H and O–H groups in total. The van der Waals surface area contributed by atoms with Crippen molar-refractivity contribution in [2.24, 2.45) is 109 Å². The third kappa shape index (κ3) is 32.6. The van der Waals surface area contributed by atoms with Crippen molar-refractivity contribution < 1.29 is 0 Å². The van der Waals surface area contributed by atoms with E-state index in [0.717, 1.165) is 23.7 Å². The first-order valence-corrected chi connectivity index (χ1v) is 51.8. The number of allylic oxidation sites excluding steroid dienone is 3. The SMILES string of the molecule is C/C(=C\C(C(C)(C)C)C(C)(C)C)c1c(C)c(C)c(C)c(C)c1C.Cc1c(C)c(C)c(/C=C(\C#N)C(C(C)(C)C)C(C)(C)C)c(C)c1C.Cc1c(C)c(C)c(CCC(C(C)(C)C)C(C)(C)C)c(C)c1C.Cc1c(C)c(C)c(CN=C(C(C)(C)C)C(C)(C)C)c(C)c1C.Cc1c(C)c(C)c(N=CC(C(C)(C)C)C(C)(C)C)c(C)c1C.Cc1c(C)c(C)c(N=NC(C(C)(C)C)C(C)(C)C)c(C)c1C. The third-order valence-electron chi connectivity index (χ3n) is 32.2. The van der Waals surface area contributed by atoms with Crippen molar-refractivity contribution in [3.05, 3.63) is 201 Å². The molecule has 0 aliphatic heterocycles. The maximum atomic E-state index is 9.94. The molecule has 0 aromatic heterocycles. The van der Waals surface area contributed by atoms with Gasteiger partial charge in [-0.1, -0.05) is 255 Å². The monoisotopic (exact) mass is 1850 g/mol. The minimum Gasteiger partial charge on any atom is -0.288 e. The molecule has 5 nitrogen and oxygen atoms in total. The Morgan fingerprint density at radius 3 is 0.807 bits per heavy atom. The van der Waals surface area contributed by atoms with E-state index in [1.165, 1.54) is 213 Å². The van der Waals surface area contributed by atoms with Crippen LogP contribution in [0.15, 0.2) is 31.9 Å². The third-order valence-corrected chi connectivity index (χ3v) is 32.2. The number of hydrogen-bond donors (Lipinski definition) is 0. The van der Waals surface area contributed by atoms with Crippen LogP contribution >= 0.6 is 0 Å². The molecule has 5 heteroatoms. The summed E-state index contributed by atoms with van der Waals surface area (Å²) in [5, 5.41) is 19.5. The molecule has 0 heterocycles. The van der Waals surface area contributed by atoms with Crippen LogP contribution in [-0.4, -0.2) is 18.0 Å². The van der Waals surface area contributed by atoms with Gasteiger partial charge in [-0.25, -0.2) is 0 Å². The first-order valence-electron chi connectivity index (χ1n) is 51.8. The van der Waals surface area contributed by atoms with E-state index < -0.39 is 0 Å². The van der Waals surface area contributed by atoms with E-state index in [4.69, 9.17) is 20.2 Å². The average Bonchev–Trinajstić information content (AvgIpc) is 0.780. The fourth-order valence-electron chi connectivity index (χ4n) is 23.5. The molecular formula is C130H215N5. The molecule has 0 spiro atoms. The number of rotatable bonds is 13. The zero-order chi connectivity index (χ0) is 107. The van der Waals surface area contributed by atoms with Gasteiger partial charge < -0.3 is 0 Å². The van der Waals surface area contributed by atoms with Crippen LogP contribution in [0.2, 0.25) is 0 Å². The largest absolute Gasteiger partial charge is 0.288 e. The summed E-state index contributed by atoms with van der Waals surface area (Å²) in [6.07, 6.45) is 9.37. The summed E-state index contributed by atoms with van der Waals surface area (Å²) in [6, 6.07) is 2.71. The number of nitriles is 1. The van der Waals surface area contributed by atoms with Crippen LogP contribution in [0.25, 0.3) is 11.6 Å². The van der Waals surface area contributed by atoms with Crippen LogP contribution in [0.4, 0.5) is 11.4 Å². The van der Waals surface area contributed by atoms with Crippen molar-refractivity contribution in [2.45, 2.75) is 489 Å². The van der Waals surface area contributed by atoms with Gasteiger partial charge in [-0.3, -0.25) is 9.98 Å². The van der Waals surface area contributed by atoms with Gasteiger partial charge in [-0.2, -0.15) is 15.5 Å². The highest BCUT2D eigenvalue weighted by molar-refractivity contribution is 5.93. The van der Waals surface area contributed by atoms with Crippen LogP contribution in [0.3, 0.4) is 0 Å². The normalized spacial score (nSPS) is 13.3. The summed E-state index contributed by atoms with van der Waals surface area (Å²) in [6.45, 7) is 153. The van der Waals surface area contributed by atoms with E-state index in [0.29, 0.717) is 22.7 Å². The van der Waals surface area contributed by atoms with E-state index in [-0.39, 0.29) is 66.1 Å².